The zero-order chi connectivity index (χ0) is 16.5. The summed E-state index contributed by atoms with van der Waals surface area (Å²) in [4.78, 5) is 0. The highest BCUT2D eigenvalue weighted by Gasteiger charge is 2.56. The Hall–Kier alpha value is -2.18. The Labute approximate surface area is 122 Å². The zero-order valence-corrected chi connectivity index (χ0v) is 10.9. The topological polar surface area (TPSA) is 79.9 Å². The number of anilines is 1. The van der Waals surface area contributed by atoms with E-state index in [-0.39, 0.29) is 5.69 Å². The Morgan fingerprint density at radius 3 is 2.36 bits per heavy atom. The summed E-state index contributed by atoms with van der Waals surface area (Å²) in [6, 6.07) is 9.19. The van der Waals surface area contributed by atoms with Gasteiger partial charge in [-0.3, -0.25) is 0 Å². The van der Waals surface area contributed by atoms with Gasteiger partial charge in [0.1, 0.15) is 17.9 Å². The molecule has 118 valence electrons. The van der Waals surface area contributed by atoms with E-state index in [1.807, 2.05) is 0 Å². The van der Waals surface area contributed by atoms with Crippen LogP contribution >= 0.6 is 0 Å². The summed E-state index contributed by atoms with van der Waals surface area (Å²) >= 11 is 0. The van der Waals surface area contributed by atoms with E-state index in [0.29, 0.717) is 0 Å². The molecule has 2 N–H and O–H groups in total. The fraction of sp³-hybridized carbons (Fsp3) is 0.385. The van der Waals surface area contributed by atoms with Gasteiger partial charge in [0.2, 0.25) is 0 Å². The summed E-state index contributed by atoms with van der Waals surface area (Å²) in [6.45, 7) is 0. The minimum Gasteiger partial charge on any atom is -0.386 e. The van der Waals surface area contributed by atoms with E-state index >= 15 is 0 Å². The number of halogens is 4. The number of hydrogen-bond acceptors (Lipinski definition) is 5. The van der Waals surface area contributed by atoms with E-state index in [9.17, 15) is 27.8 Å². The van der Waals surface area contributed by atoms with Crippen molar-refractivity contribution in [1.29, 1.82) is 5.26 Å². The molecule has 0 bridgehead atoms. The maximum atomic E-state index is 13.3. The van der Waals surface area contributed by atoms with Crippen LogP contribution in [0.5, 0.6) is 0 Å². The van der Waals surface area contributed by atoms with Crippen LogP contribution < -0.4 is 5.01 Å². The Morgan fingerprint density at radius 1 is 1.27 bits per heavy atom. The lowest BCUT2D eigenvalue weighted by atomic mass is 9.91. The third kappa shape index (κ3) is 2.63. The van der Waals surface area contributed by atoms with Crippen molar-refractivity contribution in [3.8, 4) is 6.07 Å². The van der Waals surface area contributed by atoms with Crippen LogP contribution in [0.1, 0.15) is 0 Å². The number of rotatable bonds is 4. The first-order chi connectivity index (χ1) is 10.3. The summed E-state index contributed by atoms with van der Waals surface area (Å²) in [6.07, 6.45) is -8.95. The van der Waals surface area contributed by atoms with E-state index in [1.165, 1.54) is 18.2 Å². The van der Waals surface area contributed by atoms with Crippen LogP contribution in [0.3, 0.4) is 0 Å². The monoisotopic (exact) mass is 317 g/mol. The number of hydrazone groups is 1. The molecular formula is C13H11F4N3O2. The quantitative estimate of drug-likeness (QED) is 0.826. The fourth-order valence-electron chi connectivity index (χ4n) is 2.10. The molecule has 3 unspecified atom stereocenters. The van der Waals surface area contributed by atoms with Gasteiger partial charge in [0, 0.05) is 0 Å². The van der Waals surface area contributed by atoms with Crippen molar-refractivity contribution in [3.63, 3.8) is 0 Å². The van der Waals surface area contributed by atoms with Gasteiger partial charge in [-0.1, -0.05) is 18.2 Å². The molecule has 22 heavy (non-hydrogen) atoms. The smallest absolute Gasteiger partial charge is 0.333 e. The second-order valence-electron chi connectivity index (χ2n) is 4.64. The molecular weight excluding hydrogens is 306 g/mol. The average Bonchev–Trinajstić information content (AvgIpc) is 2.83. The molecule has 0 aliphatic carbocycles. The largest absolute Gasteiger partial charge is 0.386 e. The molecule has 0 radical (unpaired) electrons. The van der Waals surface area contributed by atoms with Crippen LogP contribution in [0.4, 0.5) is 23.2 Å². The number of nitrogens with zero attached hydrogens (tertiary/aromatic N) is 3. The molecule has 0 amide bonds. The Kier molecular flexibility index (Phi) is 4.35. The SMILES string of the molecule is N#CC1=NN(c2ccccc2)C(O)C1C(O)C(F)(F)C(F)F. The predicted molar refractivity (Wildman–Crippen MR) is 68.4 cm³/mol. The van der Waals surface area contributed by atoms with Gasteiger partial charge < -0.3 is 10.2 Å². The molecule has 0 fully saturated rings. The van der Waals surface area contributed by atoms with E-state index in [0.717, 1.165) is 5.01 Å². The van der Waals surface area contributed by atoms with Crippen LogP contribution in [0.15, 0.2) is 35.4 Å². The van der Waals surface area contributed by atoms with Crippen molar-refractivity contribution in [2.45, 2.75) is 24.7 Å². The Balaban J connectivity index is 2.35. The number of aliphatic hydroxyl groups is 2. The number of para-hydroxylation sites is 1. The highest BCUT2D eigenvalue weighted by Crippen LogP contribution is 2.37. The first-order valence-corrected chi connectivity index (χ1v) is 6.15. The van der Waals surface area contributed by atoms with Crippen LogP contribution in [0.2, 0.25) is 0 Å². The van der Waals surface area contributed by atoms with Crippen molar-refractivity contribution in [2.24, 2.45) is 11.0 Å². The summed E-state index contributed by atoms with van der Waals surface area (Å²) < 4.78 is 51.4. The third-order valence-electron chi connectivity index (χ3n) is 3.26. The lowest BCUT2D eigenvalue weighted by Crippen LogP contribution is -2.51. The van der Waals surface area contributed by atoms with Crippen LogP contribution in [0.25, 0.3) is 0 Å². The number of nitriles is 1. The highest BCUT2D eigenvalue weighted by atomic mass is 19.3. The normalized spacial score (nSPS) is 23.4. The van der Waals surface area contributed by atoms with Crippen molar-refractivity contribution in [3.05, 3.63) is 30.3 Å². The van der Waals surface area contributed by atoms with Gasteiger partial charge in [0.15, 0.2) is 6.23 Å². The second-order valence-corrected chi connectivity index (χ2v) is 4.64. The summed E-state index contributed by atoms with van der Waals surface area (Å²) in [5, 5.41) is 32.9. The molecule has 1 aromatic carbocycles. The Bertz CT molecular complexity index is 603. The Morgan fingerprint density at radius 2 is 1.86 bits per heavy atom. The van der Waals surface area contributed by atoms with Crippen molar-refractivity contribution in [2.75, 3.05) is 5.01 Å². The number of alkyl halides is 4. The van der Waals surface area contributed by atoms with Crippen LogP contribution in [0, 0.1) is 17.2 Å². The van der Waals surface area contributed by atoms with Gasteiger partial charge in [-0.25, -0.2) is 13.8 Å². The van der Waals surface area contributed by atoms with Gasteiger partial charge in [-0.05, 0) is 12.1 Å². The molecule has 1 aliphatic heterocycles. The molecule has 1 heterocycles. The lowest BCUT2D eigenvalue weighted by Gasteiger charge is -2.29. The standard InChI is InChI=1S/C13H11F4N3O2/c14-12(15)13(16,17)10(21)9-8(6-18)19-20(11(9)22)7-4-2-1-3-5-7/h1-5,9-12,21-22H. The molecule has 9 heteroatoms. The van der Waals surface area contributed by atoms with Crippen LogP contribution in [-0.4, -0.2) is 40.6 Å². The molecule has 1 aliphatic rings. The first kappa shape index (κ1) is 16.2. The molecule has 1 aromatic rings. The molecule has 5 nitrogen and oxygen atoms in total. The average molecular weight is 317 g/mol. The lowest BCUT2D eigenvalue weighted by molar-refractivity contribution is -0.205. The summed E-state index contributed by atoms with van der Waals surface area (Å²) in [7, 11) is 0. The summed E-state index contributed by atoms with van der Waals surface area (Å²) in [5.41, 5.74) is -0.387. The van der Waals surface area contributed by atoms with Crippen molar-refractivity contribution in [1.82, 2.24) is 0 Å². The number of benzene rings is 1. The molecule has 3 atom stereocenters. The van der Waals surface area contributed by atoms with E-state index in [2.05, 4.69) is 5.10 Å². The zero-order valence-electron chi connectivity index (χ0n) is 10.9. The number of aliphatic hydroxyl groups excluding tert-OH is 2. The summed E-state index contributed by atoms with van der Waals surface area (Å²) in [5.74, 6) is -6.73. The molecule has 0 spiro atoms. The fourth-order valence-corrected chi connectivity index (χ4v) is 2.10. The third-order valence-corrected chi connectivity index (χ3v) is 3.26. The predicted octanol–water partition coefficient (Wildman–Crippen LogP) is 1.58. The van der Waals surface area contributed by atoms with E-state index in [4.69, 9.17) is 5.26 Å². The van der Waals surface area contributed by atoms with Gasteiger partial charge in [-0.2, -0.15) is 19.1 Å². The molecule has 0 saturated heterocycles. The van der Waals surface area contributed by atoms with Crippen molar-refractivity contribution >= 4 is 11.4 Å². The van der Waals surface area contributed by atoms with E-state index in [1.54, 1.807) is 18.2 Å². The number of hydrogen-bond donors (Lipinski definition) is 2. The molecule has 0 aromatic heterocycles. The maximum absolute atomic E-state index is 13.3. The molecule has 2 rings (SSSR count). The van der Waals surface area contributed by atoms with Crippen LogP contribution in [-0.2, 0) is 0 Å². The highest BCUT2D eigenvalue weighted by molar-refractivity contribution is 6.03. The second kappa shape index (κ2) is 5.90. The van der Waals surface area contributed by atoms with Gasteiger partial charge in [-0.15, -0.1) is 0 Å². The minimum absolute atomic E-state index is 0.262. The first-order valence-electron chi connectivity index (χ1n) is 6.15. The minimum atomic E-state index is -4.78. The van der Waals surface area contributed by atoms with Gasteiger partial charge in [0.05, 0.1) is 11.6 Å². The van der Waals surface area contributed by atoms with Gasteiger partial charge in [0.25, 0.3) is 0 Å². The maximum Gasteiger partial charge on any atom is 0.333 e. The van der Waals surface area contributed by atoms with E-state index < -0.39 is 36.3 Å². The van der Waals surface area contributed by atoms with Crippen molar-refractivity contribution < 1.29 is 27.8 Å². The van der Waals surface area contributed by atoms with Gasteiger partial charge >= 0.3 is 12.3 Å². The molecule has 0 saturated carbocycles.